The number of halogens is 15. The molecular weight excluding hydrogens is 1690 g/mol. The highest BCUT2D eigenvalue weighted by molar-refractivity contribution is 8.21. The van der Waals surface area contributed by atoms with Gasteiger partial charge in [-0.3, -0.25) is 38.0 Å². The zero-order valence-corrected chi connectivity index (χ0v) is 57.1. The van der Waals surface area contributed by atoms with Crippen LogP contribution >= 0.6 is 32.0 Å². The highest BCUT2D eigenvalue weighted by Gasteiger charge is 2.65. The lowest BCUT2D eigenvalue weighted by molar-refractivity contribution is -0.360. The molecule has 0 aliphatic carbocycles. The third-order valence-corrected chi connectivity index (χ3v) is 30.2. The van der Waals surface area contributed by atoms with Crippen LogP contribution in [0.3, 0.4) is 0 Å². The second-order valence-electron chi connectivity index (χ2n) is 13.3. The molecule has 0 heterocycles. The third kappa shape index (κ3) is 46.6. The van der Waals surface area contributed by atoms with Crippen LogP contribution in [0, 0.1) is 0 Å². The topological polar surface area (TPSA) is 631 Å². The summed E-state index contributed by atoms with van der Waals surface area (Å²) in [6.07, 6.45) is -26.2. The van der Waals surface area contributed by atoms with Crippen LogP contribution in [0.15, 0.2) is 0 Å². The molecule has 0 aromatic rings. The van der Waals surface area contributed by atoms with Gasteiger partial charge in [0, 0.05) is 32.0 Å². The van der Waals surface area contributed by atoms with Crippen molar-refractivity contribution in [2.75, 3.05) is 94.0 Å². The van der Waals surface area contributed by atoms with E-state index in [1.165, 1.54) is 0 Å². The molecule has 0 bridgehead atoms. The van der Waals surface area contributed by atoms with Gasteiger partial charge in [0.1, 0.15) is 0 Å². The highest BCUT2D eigenvalue weighted by Crippen LogP contribution is 2.40. The van der Waals surface area contributed by atoms with Gasteiger partial charge in [0.05, 0.1) is 68.6 Å². The minimum absolute atomic E-state index is 0.411. The molecule has 0 atom stereocenters. The van der Waals surface area contributed by atoms with Gasteiger partial charge in [0.25, 0.3) is 91.1 Å². The second-order valence-corrected chi connectivity index (χ2v) is 42.6. The maximum absolute atomic E-state index is 12.6. The van der Waals surface area contributed by atoms with Crippen molar-refractivity contribution >= 4 is 170 Å². The molecule has 0 unspecified atom stereocenters. The van der Waals surface area contributed by atoms with Crippen LogP contribution in [0.5, 0.6) is 0 Å². The minimum atomic E-state index is -6.65. The van der Waals surface area contributed by atoms with Gasteiger partial charge < -0.3 is 10.2 Å². The van der Waals surface area contributed by atoms with E-state index in [4.69, 9.17) is 14.8 Å². The van der Waals surface area contributed by atoms with E-state index >= 15 is 0 Å². The predicted molar refractivity (Wildman–Crippen MR) is 269 cm³/mol. The van der Waals surface area contributed by atoms with Crippen LogP contribution in [-0.2, 0) is 180 Å². The smallest absolute Gasteiger partial charge is 0.394 e. The van der Waals surface area contributed by atoms with Gasteiger partial charge in [-0.2, -0.15) is 154 Å². The summed E-state index contributed by atoms with van der Waals surface area (Å²) in [5.74, 6) is 0. The third-order valence-electron chi connectivity index (χ3n) is 6.06. The lowest BCUT2D eigenvalue weighted by Crippen LogP contribution is -2.44. The van der Waals surface area contributed by atoms with E-state index in [1.807, 2.05) is 0 Å². The van der Waals surface area contributed by atoms with E-state index in [9.17, 15) is 171 Å². The van der Waals surface area contributed by atoms with Gasteiger partial charge in [0.15, 0.2) is 15.3 Å². The molecule has 0 amide bonds. The molecular formula is C21H39Cl3F12O41S14. The Morgan fingerprint density at radius 1 is 0.352 bits per heavy atom. The molecule has 41 nitrogen and oxygen atoms in total. The molecule has 0 aromatic heterocycles. The van der Waals surface area contributed by atoms with Crippen molar-refractivity contribution in [2.24, 2.45) is 0 Å². The average Bonchev–Trinajstić information content (AvgIpc) is 0.811. The van der Waals surface area contributed by atoms with Gasteiger partial charge >= 0.3 is 49.4 Å². The van der Waals surface area contributed by atoms with Crippen LogP contribution in [0.4, 0.5) is 52.7 Å². The van der Waals surface area contributed by atoms with Crippen molar-refractivity contribution in [1.29, 1.82) is 0 Å². The summed E-state index contributed by atoms with van der Waals surface area (Å²) in [5, 5.41) is 7.81. The molecule has 3 N–H and O–H groups in total. The van der Waals surface area contributed by atoms with Crippen molar-refractivity contribution < 1.29 is 227 Å². The van der Waals surface area contributed by atoms with Crippen LogP contribution < -0.4 is 0 Å². The van der Waals surface area contributed by atoms with Gasteiger partial charge in [-0.15, -0.1) is 0 Å². The lowest BCUT2D eigenvalue weighted by Gasteiger charge is -2.20. The summed E-state index contributed by atoms with van der Waals surface area (Å²) in [4.78, 5) is 0. The van der Waals surface area contributed by atoms with Gasteiger partial charge in [-0.25, -0.2) is 25.3 Å². The summed E-state index contributed by atoms with van der Waals surface area (Å²) in [6.45, 7) is -3.84. The Kier molecular flexibility index (Phi) is 41.1. The first kappa shape index (κ1) is 101. The van der Waals surface area contributed by atoms with E-state index in [0.29, 0.717) is 14.2 Å². The maximum Gasteiger partial charge on any atom is 0.496 e. The van der Waals surface area contributed by atoms with Crippen LogP contribution in [-0.4, -0.2) is 260 Å². The first-order valence-electron chi connectivity index (χ1n) is 18.9. The Bertz CT molecular complexity index is 3820. The maximum atomic E-state index is 12.6. The molecule has 0 saturated carbocycles. The first-order chi connectivity index (χ1) is 39.2. The van der Waals surface area contributed by atoms with Crippen molar-refractivity contribution in [3.63, 3.8) is 0 Å². The van der Waals surface area contributed by atoms with Crippen molar-refractivity contribution in [2.45, 2.75) is 33.7 Å². The van der Waals surface area contributed by atoms with Gasteiger partial charge in [0.2, 0.25) is 41.9 Å². The zero-order chi connectivity index (χ0) is 75.2. The van der Waals surface area contributed by atoms with E-state index in [2.05, 4.69) is 73.9 Å². The molecule has 0 spiro atoms. The molecule has 0 saturated heterocycles. The Balaban J connectivity index is -0.000000244. The number of aliphatic hydroxyl groups excluding tert-OH is 2. The molecule has 0 radical (unpaired) electrons. The molecule has 0 aromatic carbocycles. The van der Waals surface area contributed by atoms with E-state index in [1.54, 1.807) is 0 Å². The summed E-state index contributed by atoms with van der Waals surface area (Å²) >= 11 is 0. The number of alkyl halides is 12. The largest absolute Gasteiger partial charge is 0.496 e. The number of rotatable bonds is 32. The van der Waals surface area contributed by atoms with Crippen molar-refractivity contribution in [1.82, 2.24) is 0 Å². The number of aliphatic hydroxyl groups is 2. The monoisotopic (exact) mass is 1730 g/mol. The second kappa shape index (κ2) is 37.1. The zero-order valence-electron chi connectivity index (χ0n) is 43.4. The van der Waals surface area contributed by atoms with E-state index < -0.39 is 231 Å². The predicted octanol–water partition coefficient (Wildman–Crippen LogP) is -3.92. The van der Waals surface area contributed by atoms with Crippen LogP contribution in [0.1, 0.15) is 0 Å². The quantitative estimate of drug-likeness (QED) is 0.0190. The SMILES string of the molecule is COS(=O)(=O)C(CO)S(=O)(=O)OC.COS(=O)(=O)C(F)(F)S(=O)(=O)OC.COS(=O)(=O)CS(=O)(=O)O.O=S(=O)(CS(=O)(=O)OC(F)(F)C(F)(F)F)OC(F)(F)C(F)(F)F.O=S(=O)(Cl)CS(=O)(=O)OCCO.O=S(=O)(Cl)CS(=O)(=O)OCCOS(=O)(=O)CS(=O)(=O)Cl. The molecule has 0 aliphatic rings. The molecule has 91 heavy (non-hydrogen) atoms. The molecule has 0 fully saturated rings. The molecule has 0 rings (SSSR count). The fraction of sp³-hybridized carbons (Fsp3) is 1.00. The number of hydrogen-bond donors (Lipinski definition) is 3. The molecule has 0 aliphatic heterocycles. The Hall–Kier alpha value is -1.19. The summed E-state index contributed by atoms with van der Waals surface area (Å²) in [7, 11) is -50.2. The lowest BCUT2D eigenvalue weighted by atomic mass is 10.6. The van der Waals surface area contributed by atoms with E-state index in [-0.39, 0.29) is 0 Å². The van der Waals surface area contributed by atoms with E-state index in [0.717, 1.165) is 21.3 Å². The van der Waals surface area contributed by atoms with Crippen molar-refractivity contribution in [3.8, 4) is 0 Å². The molecule has 558 valence electrons. The number of hydrogen-bond acceptors (Lipinski definition) is 40. The summed E-state index contributed by atoms with van der Waals surface area (Å²) < 4.78 is 475. The summed E-state index contributed by atoms with van der Waals surface area (Å²) in [5.41, 5.74) is 0. The molecule has 70 heteroatoms. The fourth-order valence-corrected chi connectivity index (χ4v) is 20.4. The summed E-state index contributed by atoms with van der Waals surface area (Å²) in [6, 6.07) is 0. The van der Waals surface area contributed by atoms with Gasteiger partial charge in [-0.1, -0.05) is 0 Å². The average molecular weight is 1730 g/mol. The van der Waals surface area contributed by atoms with Crippen LogP contribution in [0.25, 0.3) is 0 Å². The normalized spacial score (nSPS) is 14.3. The minimum Gasteiger partial charge on any atom is -0.394 e. The van der Waals surface area contributed by atoms with Crippen molar-refractivity contribution in [3.05, 3.63) is 0 Å². The Morgan fingerprint density at radius 3 is 0.769 bits per heavy atom. The Labute approximate surface area is 521 Å². The first-order valence-corrected chi connectivity index (χ1v) is 43.1. The standard InChI is InChI=1S/C5H2F10O6S2.C4H8Cl2O10S4.C4H10O7S2.C3H7ClO6S2.C3H6F2O6S2.C2H6O6S2/c6-2(7,8)4(12,13)20-22(16,17)1-23(18,19)21-5(14,15)3(9,10)11;5-17(7,8)3-19(11,12)15-1-2-16-20(13,14)4-18(6,9)10;1-10-12(6,7)4(3-5)13(8,9)11-2;4-11(6,7)3-12(8,9)10-2-1-5;1-10-12(6,7)3(4,5)13(8,9)11-2;1-8-10(6,7)2-9(3,4)5/h1H2;1-4H2;4-5H,3H2,1-2H3;5H,1-3H2;1-2H3;2H2,1H3,(H,3,4,5). The highest BCUT2D eigenvalue weighted by atomic mass is 35.7. The fourth-order valence-electron chi connectivity index (χ4n) is 2.83. The van der Waals surface area contributed by atoms with Gasteiger partial charge in [-0.05, 0) is 0 Å². The Morgan fingerprint density at radius 2 is 0.604 bits per heavy atom. The van der Waals surface area contributed by atoms with Crippen LogP contribution in [0.2, 0.25) is 0 Å².